The number of nitrogens with zero attached hydrogens (tertiary/aromatic N) is 1. The Balaban J connectivity index is 0. The number of aliphatic imine (C=N–C) groups is 1. The van der Waals surface area contributed by atoms with Crippen molar-refractivity contribution in [1.29, 1.82) is 0 Å². The van der Waals surface area contributed by atoms with E-state index in [0.29, 0.717) is 38.6 Å². The highest BCUT2D eigenvalue weighted by molar-refractivity contribution is 14.0. The lowest BCUT2D eigenvalue weighted by Crippen LogP contribution is -2.40. The number of hydrogen-bond donors (Lipinski definition) is 4. The van der Waals surface area contributed by atoms with Gasteiger partial charge in [-0.3, -0.25) is 4.99 Å². The van der Waals surface area contributed by atoms with Crippen LogP contribution in [-0.2, 0) is 14.8 Å². The molecule has 25 heavy (non-hydrogen) atoms. The molecule has 150 valence electrons. The van der Waals surface area contributed by atoms with Gasteiger partial charge in [0.2, 0.25) is 10.0 Å². The van der Waals surface area contributed by atoms with Gasteiger partial charge in [0.25, 0.3) is 0 Å². The van der Waals surface area contributed by atoms with E-state index < -0.39 is 21.7 Å². The van der Waals surface area contributed by atoms with E-state index in [2.05, 4.69) is 25.7 Å². The minimum atomic E-state index is -3.14. The van der Waals surface area contributed by atoms with E-state index in [1.807, 2.05) is 20.8 Å². The van der Waals surface area contributed by atoms with Crippen LogP contribution in [0.3, 0.4) is 0 Å². The first-order valence-corrected chi connectivity index (χ1v) is 9.78. The minimum absolute atomic E-state index is 0. The van der Waals surface area contributed by atoms with Crippen LogP contribution in [0.15, 0.2) is 4.99 Å². The molecular weight excluding hydrogens is 461 g/mol. The summed E-state index contributed by atoms with van der Waals surface area (Å²) in [6.07, 6.45) is 2.07. The molecule has 0 aromatic rings. The van der Waals surface area contributed by atoms with Crippen molar-refractivity contribution in [2.24, 2.45) is 4.99 Å². The van der Waals surface area contributed by atoms with E-state index in [-0.39, 0.29) is 24.0 Å². The van der Waals surface area contributed by atoms with Crippen LogP contribution in [0.4, 0.5) is 4.79 Å². The number of guanidine groups is 1. The van der Waals surface area contributed by atoms with Gasteiger partial charge in [-0.05, 0) is 33.6 Å². The molecule has 0 aliphatic heterocycles. The molecule has 4 N–H and O–H groups in total. The molecule has 0 aliphatic rings. The van der Waals surface area contributed by atoms with E-state index >= 15 is 0 Å². The lowest BCUT2D eigenvalue weighted by atomic mass is 10.2. The highest BCUT2D eigenvalue weighted by Crippen LogP contribution is 2.06. The lowest BCUT2D eigenvalue weighted by molar-refractivity contribution is 0.0527. The van der Waals surface area contributed by atoms with Crippen LogP contribution in [0, 0.1) is 0 Å². The molecule has 0 spiro atoms. The number of carbonyl (C=O) groups is 1. The molecule has 11 heteroatoms. The van der Waals surface area contributed by atoms with E-state index in [0.717, 1.165) is 12.7 Å². The maximum absolute atomic E-state index is 11.4. The Morgan fingerprint density at radius 2 is 1.48 bits per heavy atom. The maximum Gasteiger partial charge on any atom is 0.407 e. The van der Waals surface area contributed by atoms with Crippen molar-refractivity contribution in [2.75, 3.05) is 39.5 Å². The number of alkyl carbamates (subject to hydrolysis) is 1. The summed E-state index contributed by atoms with van der Waals surface area (Å²) >= 11 is 0. The van der Waals surface area contributed by atoms with Crippen molar-refractivity contribution in [1.82, 2.24) is 20.7 Å². The number of halogens is 1. The summed E-state index contributed by atoms with van der Waals surface area (Å²) in [5.41, 5.74) is -0.500. The van der Waals surface area contributed by atoms with Gasteiger partial charge in [0, 0.05) is 33.2 Å². The second-order valence-corrected chi connectivity index (χ2v) is 8.06. The van der Waals surface area contributed by atoms with Gasteiger partial charge >= 0.3 is 6.09 Å². The Kier molecular flexibility index (Phi) is 14.1. The average molecular weight is 493 g/mol. The van der Waals surface area contributed by atoms with Crippen molar-refractivity contribution in [3.05, 3.63) is 0 Å². The van der Waals surface area contributed by atoms with E-state index in [9.17, 15) is 13.2 Å². The Labute approximate surface area is 168 Å². The van der Waals surface area contributed by atoms with Crippen LogP contribution in [0.25, 0.3) is 0 Å². The summed E-state index contributed by atoms with van der Waals surface area (Å²) in [6, 6.07) is 0. The second-order valence-electron chi connectivity index (χ2n) is 6.23. The van der Waals surface area contributed by atoms with Gasteiger partial charge in [-0.25, -0.2) is 17.9 Å². The minimum Gasteiger partial charge on any atom is -0.444 e. The second kappa shape index (κ2) is 13.4. The molecule has 0 aromatic carbocycles. The van der Waals surface area contributed by atoms with Gasteiger partial charge in [-0.1, -0.05) is 0 Å². The summed E-state index contributed by atoms with van der Waals surface area (Å²) in [5.74, 6) is 0.631. The zero-order valence-corrected chi connectivity index (χ0v) is 18.8. The number of nitrogens with one attached hydrogen (secondary N) is 4. The molecule has 0 radical (unpaired) electrons. The first kappa shape index (κ1) is 26.4. The first-order chi connectivity index (χ1) is 11.0. The number of carbonyl (C=O) groups excluding carboxylic acids is 1. The fourth-order valence-electron chi connectivity index (χ4n) is 1.57. The van der Waals surface area contributed by atoms with Crippen LogP contribution in [0.5, 0.6) is 0 Å². The molecule has 0 saturated carbocycles. The summed E-state index contributed by atoms with van der Waals surface area (Å²) in [5, 5.41) is 8.86. The first-order valence-electron chi connectivity index (χ1n) is 7.89. The number of sulfonamides is 1. The Morgan fingerprint density at radius 3 is 1.92 bits per heavy atom. The van der Waals surface area contributed by atoms with E-state index in [1.165, 1.54) is 0 Å². The number of ether oxygens (including phenoxy) is 1. The zero-order chi connectivity index (χ0) is 18.6. The van der Waals surface area contributed by atoms with E-state index in [1.54, 1.807) is 7.05 Å². The molecule has 1 amide bonds. The van der Waals surface area contributed by atoms with E-state index in [4.69, 9.17) is 4.74 Å². The summed E-state index contributed by atoms with van der Waals surface area (Å²) < 4.78 is 29.4. The molecule has 9 nitrogen and oxygen atoms in total. The number of rotatable bonds is 9. The van der Waals surface area contributed by atoms with Crippen LogP contribution >= 0.6 is 24.0 Å². The molecule has 0 fully saturated rings. The van der Waals surface area contributed by atoms with Gasteiger partial charge < -0.3 is 20.7 Å². The predicted octanol–water partition coefficient (Wildman–Crippen LogP) is 0.624. The normalized spacial score (nSPS) is 12.1. The largest absolute Gasteiger partial charge is 0.444 e. The standard InChI is InChI=1S/C14H31N5O4S.HI/c1-14(2,3)23-13(20)18-10-6-8-16-12(15-4)17-9-7-11-19-24(5,21)22;/h19H,6-11H2,1-5H3,(H,18,20)(H2,15,16,17);1H. The summed E-state index contributed by atoms with van der Waals surface area (Å²) in [4.78, 5) is 15.5. The van der Waals surface area contributed by atoms with Crippen molar-refractivity contribution in [3.8, 4) is 0 Å². The topological polar surface area (TPSA) is 121 Å². The van der Waals surface area contributed by atoms with Gasteiger partial charge in [0.1, 0.15) is 5.60 Å². The SMILES string of the molecule is CN=C(NCCCNC(=O)OC(C)(C)C)NCCCNS(C)(=O)=O.I. The fraction of sp³-hybridized carbons (Fsp3) is 0.857. The molecule has 0 aliphatic carbocycles. The van der Waals surface area contributed by atoms with Crippen LogP contribution in [0.1, 0.15) is 33.6 Å². The molecule has 0 heterocycles. The number of amides is 1. The third-order valence-electron chi connectivity index (χ3n) is 2.55. The maximum atomic E-state index is 11.4. The molecular formula is C14H32IN5O4S. The molecule has 0 unspecified atom stereocenters. The quantitative estimate of drug-likeness (QED) is 0.162. The third-order valence-corrected chi connectivity index (χ3v) is 3.28. The van der Waals surface area contributed by atoms with Crippen LogP contribution in [-0.4, -0.2) is 65.6 Å². The molecule has 0 saturated heterocycles. The summed E-state index contributed by atoms with van der Waals surface area (Å²) in [7, 11) is -1.48. The smallest absolute Gasteiger partial charge is 0.407 e. The third kappa shape index (κ3) is 19.4. The number of hydrogen-bond acceptors (Lipinski definition) is 5. The Hall–Kier alpha value is -0.820. The van der Waals surface area contributed by atoms with Crippen molar-refractivity contribution in [3.63, 3.8) is 0 Å². The zero-order valence-electron chi connectivity index (χ0n) is 15.6. The molecule has 0 rings (SSSR count). The highest BCUT2D eigenvalue weighted by Gasteiger charge is 2.15. The van der Waals surface area contributed by atoms with Crippen molar-refractivity contribution >= 4 is 46.1 Å². The Bertz CT molecular complexity index is 506. The van der Waals surface area contributed by atoms with Crippen LogP contribution in [0.2, 0.25) is 0 Å². The molecule has 0 bridgehead atoms. The highest BCUT2D eigenvalue weighted by atomic mass is 127. The van der Waals surface area contributed by atoms with Gasteiger partial charge in [-0.2, -0.15) is 0 Å². The fourth-order valence-corrected chi connectivity index (χ4v) is 2.09. The molecule has 0 atom stereocenters. The van der Waals surface area contributed by atoms with Gasteiger partial charge in [0.05, 0.1) is 6.26 Å². The van der Waals surface area contributed by atoms with Gasteiger partial charge in [0.15, 0.2) is 5.96 Å². The summed E-state index contributed by atoms with van der Waals surface area (Å²) in [6.45, 7) is 7.55. The van der Waals surface area contributed by atoms with Gasteiger partial charge in [-0.15, -0.1) is 24.0 Å². The van der Waals surface area contributed by atoms with Crippen molar-refractivity contribution < 1.29 is 17.9 Å². The van der Waals surface area contributed by atoms with Crippen molar-refractivity contribution in [2.45, 2.75) is 39.2 Å². The predicted molar refractivity (Wildman–Crippen MR) is 111 cm³/mol. The monoisotopic (exact) mass is 493 g/mol. The Morgan fingerprint density at radius 1 is 1.00 bits per heavy atom. The van der Waals surface area contributed by atoms with Crippen LogP contribution < -0.4 is 20.7 Å². The average Bonchev–Trinajstić information content (AvgIpc) is 2.41. The molecule has 0 aromatic heterocycles. The lowest BCUT2D eigenvalue weighted by Gasteiger charge is -2.19.